The number of rotatable bonds is 5. The van der Waals surface area contributed by atoms with E-state index in [1.165, 1.54) is 6.20 Å². The van der Waals surface area contributed by atoms with Crippen molar-refractivity contribution in [1.29, 1.82) is 0 Å². The number of amides is 2. The SMILES string of the molecule is CC(C)(C)OC(=O)N[C@@H](Cc1ccccc1)C(=O)Nc1cn[nH]c1. The zero-order valence-electron chi connectivity index (χ0n) is 14.0. The molecule has 0 saturated carbocycles. The van der Waals surface area contributed by atoms with Crippen LogP contribution >= 0.6 is 0 Å². The molecule has 1 heterocycles. The van der Waals surface area contributed by atoms with E-state index < -0.39 is 17.7 Å². The maximum absolute atomic E-state index is 12.5. The highest BCUT2D eigenvalue weighted by Gasteiger charge is 2.25. The van der Waals surface area contributed by atoms with Gasteiger partial charge in [-0.25, -0.2) is 4.79 Å². The van der Waals surface area contributed by atoms with Crippen molar-refractivity contribution in [2.45, 2.75) is 38.8 Å². The lowest BCUT2D eigenvalue weighted by Crippen LogP contribution is -2.47. The van der Waals surface area contributed by atoms with Crippen molar-refractivity contribution < 1.29 is 14.3 Å². The number of carbonyl (C=O) groups is 2. The van der Waals surface area contributed by atoms with Crippen molar-refractivity contribution in [2.75, 3.05) is 5.32 Å². The summed E-state index contributed by atoms with van der Waals surface area (Å²) in [4.78, 5) is 24.5. The molecule has 0 aliphatic rings. The lowest BCUT2D eigenvalue weighted by Gasteiger charge is -2.23. The molecule has 0 aliphatic carbocycles. The molecule has 0 unspecified atom stereocenters. The number of aromatic amines is 1. The van der Waals surface area contributed by atoms with Crippen LogP contribution < -0.4 is 10.6 Å². The average Bonchev–Trinajstić information content (AvgIpc) is 2.98. The summed E-state index contributed by atoms with van der Waals surface area (Å²) in [5.74, 6) is -0.342. The summed E-state index contributed by atoms with van der Waals surface area (Å²) in [5, 5.41) is 11.7. The monoisotopic (exact) mass is 330 g/mol. The number of aromatic nitrogens is 2. The fourth-order valence-corrected chi connectivity index (χ4v) is 2.06. The Bertz CT molecular complexity index is 663. The van der Waals surface area contributed by atoms with Crippen molar-refractivity contribution in [3.63, 3.8) is 0 Å². The Morgan fingerprint density at radius 2 is 1.96 bits per heavy atom. The van der Waals surface area contributed by atoms with E-state index in [0.29, 0.717) is 12.1 Å². The largest absolute Gasteiger partial charge is 0.444 e. The number of hydrogen-bond acceptors (Lipinski definition) is 4. The standard InChI is InChI=1S/C17H22N4O3/c1-17(2,3)24-16(23)21-14(9-12-7-5-4-6-8-12)15(22)20-13-10-18-19-11-13/h4-8,10-11,14H,9H2,1-3H3,(H,18,19)(H,20,22)(H,21,23)/t14-/m0/s1. The van der Waals surface area contributed by atoms with Crippen LogP contribution in [-0.2, 0) is 16.0 Å². The molecule has 2 rings (SSSR count). The van der Waals surface area contributed by atoms with Crippen LogP contribution in [0.2, 0.25) is 0 Å². The zero-order chi connectivity index (χ0) is 17.6. The molecule has 0 aliphatic heterocycles. The summed E-state index contributed by atoms with van der Waals surface area (Å²) < 4.78 is 5.24. The third kappa shape index (κ3) is 5.75. The Morgan fingerprint density at radius 3 is 2.54 bits per heavy atom. The van der Waals surface area contributed by atoms with Crippen LogP contribution in [0.15, 0.2) is 42.7 Å². The van der Waals surface area contributed by atoms with Gasteiger partial charge in [0.25, 0.3) is 0 Å². The van der Waals surface area contributed by atoms with Gasteiger partial charge in [-0.05, 0) is 26.3 Å². The maximum Gasteiger partial charge on any atom is 0.408 e. The summed E-state index contributed by atoms with van der Waals surface area (Å²) >= 11 is 0. The van der Waals surface area contributed by atoms with Crippen LogP contribution in [0.25, 0.3) is 0 Å². The number of anilines is 1. The fraction of sp³-hybridized carbons (Fsp3) is 0.353. The molecule has 128 valence electrons. The first-order valence-corrected chi connectivity index (χ1v) is 7.66. The van der Waals surface area contributed by atoms with Gasteiger partial charge in [-0.2, -0.15) is 5.10 Å². The molecule has 1 aromatic heterocycles. The number of alkyl carbamates (subject to hydrolysis) is 1. The maximum atomic E-state index is 12.5. The number of hydrogen-bond donors (Lipinski definition) is 3. The second-order valence-electron chi connectivity index (χ2n) is 6.36. The van der Waals surface area contributed by atoms with E-state index in [1.807, 2.05) is 30.3 Å². The summed E-state index contributed by atoms with van der Waals surface area (Å²) in [6, 6.07) is 8.69. The molecule has 0 spiro atoms. The first-order valence-electron chi connectivity index (χ1n) is 7.66. The average molecular weight is 330 g/mol. The van der Waals surface area contributed by atoms with E-state index in [2.05, 4.69) is 20.8 Å². The molecule has 1 atom stereocenters. The Kier molecular flexibility index (Phi) is 5.57. The van der Waals surface area contributed by atoms with Crippen LogP contribution in [0.3, 0.4) is 0 Å². The van der Waals surface area contributed by atoms with Gasteiger partial charge in [-0.1, -0.05) is 30.3 Å². The van der Waals surface area contributed by atoms with Gasteiger partial charge in [0.15, 0.2) is 0 Å². The van der Waals surface area contributed by atoms with Crippen molar-refractivity contribution >= 4 is 17.7 Å². The van der Waals surface area contributed by atoms with Crippen molar-refractivity contribution in [3.8, 4) is 0 Å². The number of H-pyrrole nitrogens is 1. The topological polar surface area (TPSA) is 96.1 Å². The predicted octanol–water partition coefficient (Wildman–Crippen LogP) is 2.48. The minimum Gasteiger partial charge on any atom is -0.444 e. The molecule has 3 N–H and O–H groups in total. The van der Waals surface area contributed by atoms with Crippen LogP contribution in [0.5, 0.6) is 0 Å². The smallest absolute Gasteiger partial charge is 0.408 e. The highest BCUT2D eigenvalue weighted by Crippen LogP contribution is 2.10. The number of nitrogens with zero attached hydrogens (tertiary/aromatic N) is 1. The second kappa shape index (κ2) is 7.63. The Morgan fingerprint density at radius 1 is 1.25 bits per heavy atom. The Balaban J connectivity index is 2.08. The van der Waals surface area contributed by atoms with Crippen molar-refractivity contribution in [3.05, 3.63) is 48.3 Å². The zero-order valence-corrected chi connectivity index (χ0v) is 14.0. The first kappa shape index (κ1) is 17.5. The molecular formula is C17H22N4O3. The van der Waals surface area contributed by atoms with Crippen molar-refractivity contribution in [2.24, 2.45) is 0 Å². The molecule has 2 amide bonds. The third-order valence-electron chi connectivity index (χ3n) is 3.06. The number of nitrogens with one attached hydrogen (secondary N) is 3. The van der Waals surface area contributed by atoms with Gasteiger partial charge in [0.2, 0.25) is 5.91 Å². The van der Waals surface area contributed by atoms with Gasteiger partial charge in [-0.15, -0.1) is 0 Å². The lowest BCUT2D eigenvalue weighted by atomic mass is 10.1. The van der Waals surface area contributed by atoms with Gasteiger partial charge >= 0.3 is 6.09 Å². The second-order valence-corrected chi connectivity index (χ2v) is 6.36. The summed E-state index contributed by atoms with van der Waals surface area (Å²) in [6.45, 7) is 5.30. The van der Waals surface area contributed by atoms with Crippen LogP contribution in [-0.4, -0.2) is 33.8 Å². The number of carbonyl (C=O) groups excluding carboxylic acids is 2. The molecule has 0 radical (unpaired) electrons. The molecule has 0 saturated heterocycles. The van der Waals surface area contributed by atoms with Gasteiger partial charge in [0.05, 0.1) is 11.9 Å². The van der Waals surface area contributed by atoms with E-state index in [-0.39, 0.29) is 5.91 Å². The van der Waals surface area contributed by atoms with Gasteiger partial charge in [0, 0.05) is 12.6 Å². The molecule has 7 nitrogen and oxygen atoms in total. The predicted molar refractivity (Wildman–Crippen MR) is 90.5 cm³/mol. The van der Waals surface area contributed by atoms with E-state index in [1.54, 1.807) is 27.0 Å². The Hall–Kier alpha value is -2.83. The number of benzene rings is 1. The quantitative estimate of drug-likeness (QED) is 0.785. The van der Waals surface area contributed by atoms with Crippen LogP contribution in [0.4, 0.5) is 10.5 Å². The molecule has 2 aromatic rings. The van der Waals surface area contributed by atoms with Crippen LogP contribution in [0, 0.1) is 0 Å². The third-order valence-corrected chi connectivity index (χ3v) is 3.06. The van der Waals surface area contributed by atoms with Gasteiger partial charge in [0.1, 0.15) is 11.6 Å². The minimum atomic E-state index is -0.767. The van der Waals surface area contributed by atoms with Gasteiger partial charge in [-0.3, -0.25) is 9.89 Å². The molecule has 0 fully saturated rings. The van der Waals surface area contributed by atoms with E-state index in [0.717, 1.165) is 5.56 Å². The molecule has 0 bridgehead atoms. The molecular weight excluding hydrogens is 308 g/mol. The molecule has 24 heavy (non-hydrogen) atoms. The van der Waals surface area contributed by atoms with Gasteiger partial charge < -0.3 is 15.4 Å². The minimum absolute atomic E-state index is 0.342. The number of ether oxygens (including phenoxy) is 1. The van der Waals surface area contributed by atoms with Crippen LogP contribution in [0.1, 0.15) is 26.3 Å². The first-order chi connectivity index (χ1) is 11.3. The summed E-state index contributed by atoms with van der Waals surface area (Å²) in [6.07, 6.45) is 2.77. The summed E-state index contributed by atoms with van der Waals surface area (Å²) in [5.41, 5.74) is 0.826. The lowest BCUT2D eigenvalue weighted by molar-refractivity contribution is -0.118. The highest BCUT2D eigenvalue weighted by atomic mass is 16.6. The fourth-order valence-electron chi connectivity index (χ4n) is 2.06. The van der Waals surface area contributed by atoms with E-state index >= 15 is 0 Å². The Labute approximate surface area is 140 Å². The van der Waals surface area contributed by atoms with E-state index in [4.69, 9.17) is 4.74 Å². The van der Waals surface area contributed by atoms with E-state index in [9.17, 15) is 9.59 Å². The molecule has 1 aromatic carbocycles. The summed E-state index contributed by atoms with van der Waals surface area (Å²) in [7, 11) is 0. The normalized spacial score (nSPS) is 12.3. The van der Waals surface area contributed by atoms with Crippen molar-refractivity contribution in [1.82, 2.24) is 15.5 Å². The highest BCUT2D eigenvalue weighted by molar-refractivity contribution is 5.96. The molecule has 7 heteroatoms.